The van der Waals surface area contributed by atoms with Crippen LogP contribution >= 0.6 is 11.6 Å². The fourth-order valence-electron chi connectivity index (χ4n) is 3.39. The van der Waals surface area contributed by atoms with Crippen molar-refractivity contribution in [3.8, 4) is 11.4 Å². The van der Waals surface area contributed by atoms with E-state index in [-0.39, 0.29) is 17.0 Å². The maximum atomic E-state index is 13.6. The summed E-state index contributed by atoms with van der Waals surface area (Å²) in [4.78, 5) is 27.0. The summed E-state index contributed by atoms with van der Waals surface area (Å²) in [5, 5.41) is 6.94. The average molecular weight is 401 g/mol. The number of halogens is 2. The van der Waals surface area contributed by atoms with Crippen LogP contribution < -0.4 is 4.90 Å². The molecule has 0 saturated carbocycles. The minimum Gasteiger partial charge on any atom is -0.279 e. The molecule has 0 bridgehead atoms. The van der Waals surface area contributed by atoms with Gasteiger partial charge in [-0.05, 0) is 49.9 Å². The Hall–Kier alpha value is -2.87. The van der Waals surface area contributed by atoms with Crippen molar-refractivity contribution in [3.63, 3.8) is 0 Å². The highest BCUT2D eigenvalue weighted by Gasteiger charge is 2.32. The SMILES string of the molecule is Cc1cc(-c2nc(N3CCCC(Cc4cnc(Cl)c(F)c4)C3=O)n[nH]2)ccn1. The quantitative estimate of drug-likeness (QED) is 0.678. The minimum atomic E-state index is -0.578. The smallest absolute Gasteiger partial charge is 0.251 e. The van der Waals surface area contributed by atoms with Gasteiger partial charge in [-0.3, -0.25) is 19.8 Å². The summed E-state index contributed by atoms with van der Waals surface area (Å²) in [7, 11) is 0. The van der Waals surface area contributed by atoms with Crippen LogP contribution in [0.25, 0.3) is 11.4 Å². The van der Waals surface area contributed by atoms with Gasteiger partial charge in [-0.1, -0.05) is 11.6 Å². The van der Waals surface area contributed by atoms with Gasteiger partial charge in [-0.25, -0.2) is 9.37 Å². The Morgan fingerprint density at radius 2 is 2.21 bits per heavy atom. The lowest BCUT2D eigenvalue weighted by molar-refractivity contribution is -0.123. The van der Waals surface area contributed by atoms with E-state index in [2.05, 4.69) is 25.1 Å². The predicted molar refractivity (Wildman–Crippen MR) is 102 cm³/mol. The fraction of sp³-hybridized carbons (Fsp3) is 0.316. The first-order valence-corrected chi connectivity index (χ1v) is 9.36. The molecule has 7 nitrogen and oxygen atoms in total. The van der Waals surface area contributed by atoms with Crippen molar-refractivity contribution < 1.29 is 9.18 Å². The Morgan fingerprint density at radius 3 is 3.00 bits per heavy atom. The maximum absolute atomic E-state index is 13.6. The molecule has 4 heterocycles. The lowest BCUT2D eigenvalue weighted by Gasteiger charge is -2.29. The van der Waals surface area contributed by atoms with Crippen LogP contribution in [0.4, 0.5) is 10.3 Å². The Labute approximate surface area is 166 Å². The lowest BCUT2D eigenvalue weighted by Crippen LogP contribution is -2.42. The molecular formula is C19H18ClFN6O. The van der Waals surface area contributed by atoms with Crippen molar-refractivity contribution in [1.29, 1.82) is 0 Å². The molecule has 28 heavy (non-hydrogen) atoms. The van der Waals surface area contributed by atoms with E-state index in [9.17, 15) is 9.18 Å². The molecule has 0 radical (unpaired) electrons. The third kappa shape index (κ3) is 3.73. The number of aromatic nitrogens is 5. The second-order valence-electron chi connectivity index (χ2n) is 6.82. The van der Waals surface area contributed by atoms with Crippen LogP contribution in [0.3, 0.4) is 0 Å². The number of anilines is 1. The monoisotopic (exact) mass is 400 g/mol. The topological polar surface area (TPSA) is 87.7 Å². The summed E-state index contributed by atoms with van der Waals surface area (Å²) in [5.74, 6) is 0.00354. The number of nitrogens with one attached hydrogen (secondary N) is 1. The van der Waals surface area contributed by atoms with Gasteiger partial charge in [0.25, 0.3) is 5.95 Å². The van der Waals surface area contributed by atoms with Crippen molar-refractivity contribution >= 4 is 23.5 Å². The molecule has 1 atom stereocenters. The van der Waals surface area contributed by atoms with Gasteiger partial charge in [0, 0.05) is 36.1 Å². The third-order valence-corrected chi connectivity index (χ3v) is 5.05. The van der Waals surface area contributed by atoms with E-state index in [1.807, 2.05) is 19.1 Å². The molecule has 0 spiro atoms. The van der Waals surface area contributed by atoms with Crippen molar-refractivity contribution in [2.24, 2.45) is 5.92 Å². The summed E-state index contributed by atoms with van der Waals surface area (Å²) in [6.07, 6.45) is 5.15. The van der Waals surface area contributed by atoms with E-state index in [0.717, 1.165) is 24.1 Å². The molecule has 0 aromatic carbocycles. The van der Waals surface area contributed by atoms with Crippen molar-refractivity contribution in [3.05, 3.63) is 52.8 Å². The zero-order valence-corrected chi connectivity index (χ0v) is 15.9. The zero-order chi connectivity index (χ0) is 19.7. The number of aryl methyl sites for hydroxylation is 1. The Balaban J connectivity index is 1.52. The van der Waals surface area contributed by atoms with Gasteiger partial charge in [-0.2, -0.15) is 4.98 Å². The molecule has 0 aliphatic carbocycles. The number of carbonyl (C=O) groups is 1. The number of amides is 1. The Bertz CT molecular complexity index is 1020. The van der Waals surface area contributed by atoms with Gasteiger partial charge in [0.1, 0.15) is 0 Å². The molecule has 9 heteroatoms. The number of pyridine rings is 2. The van der Waals surface area contributed by atoms with Crippen molar-refractivity contribution in [1.82, 2.24) is 25.1 Å². The number of H-pyrrole nitrogens is 1. The van der Waals surface area contributed by atoms with Crippen LogP contribution in [0.1, 0.15) is 24.1 Å². The molecule has 3 aromatic rings. The zero-order valence-electron chi connectivity index (χ0n) is 15.2. The molecular weight excluding hydrogens is 383 g/mol. The summed E-state index contributed by atoms with van der Waals surface area (Å²) in [6, 6.07) is 5.06. The Morgan fingerprint density at radius 1 is 1.36 bits per heavy atom. The van der Waals surface area contributed by atoms with Gasteiger partial charge >= 0.3 is 0 Å². The average Bonchev–Trinajstić information content (AvgIpc) is 3.16. The van der Waals surface area contributed by atoms with E-state index in [4.69, 9.17) is 11.6 Å². The molecule has 144 valence electrons. The standard InChI is InChI=1S/C19H18ClFN6O/c1-11-7-13(4-5-22-11)17-24-19(26-25-17)27-6-2-3-14(18(27)28)8-12-9-15(21)16(20)23-10-12/h4-5,7,9-10,14H,2-3,6,8H2,1H3,(H,24,25,26). The first-order chi connectivity index (χ1) is 13.5. The van der Waals surface area contributed by atoms with Crippen LogP contribution in [0, 0.1) is 18.7 Å². The Kier molecular flexibility index (Phi) is 5.04. The number of nitrogens with zero attached hydrogens (tertiary/aromatic N) is 5. The highest BCUT2D eigenvalue weighted by Crippen LogP contribution is 2.27. The summed E-state index contributed by atoms with van der Waals surface area (Å²) in [6.45, 7) is 2.45. The molecule has 3 aromatic heterocycles. The highest BCUT2D eigenvalue weighted by atomic mass is 35.5. The van der Waals surface area contributed by atoms with Gasteiger partial charge in [0.05, 0.1) is 0 Å². The summed E-state index contributed by atoms with van der Waals surface area (Å²) >= 11 is 5.63. The highest BCUT2D eigenvalue weighted by molar-refractivity contribution is 6.29. The minimum absolute atomic E-state index is 0.0712. The third-order valence-electron chi connectivity index (χ3n) is 4.77. The van der Waals surface area contributed by atoms with Gasteiger partial charge in [0.15, 0.2) is 16.8 Å². The van der Waals surface area contributed by atoms with Crippen LogP contribution in [0.15, 0.2) is 30.6 Å². The van der Waals surface area contributed by atoms with E-state index < -0.39 is 5.82 Å². The number of aromatic amines is 1. The van der Waals surface area contributed by atoms with E-state index in [1.165, 1.54) is 12.3 Å². The van der Waals surface area contributed by atoms with Gasteiger partial charge in [-0.15, -0.1) is 5.10 Å². The number of hydrogen-bond acceptors (Lipinski definition) is 5. The largest absolute Gasteiger partial charge is 0.279 e. The molecule has 1 aliphatic rings. The maximum Gasteiger partial charge on any atom is 0.251 e. The molecule has 1 amide bonds. The van der Waals surface area contributed by atoms with Crippen LogP contribution in [-0.4, -0.2) is 37.6 Å². The van der Waals surface area contributed by atoms with E-state index in [0.29, 0.717) is 30.3 Å². The van der Waals surface area contributed by atoms with E-state index >= 15 is 0 Å². The second-order valence-corrected chi connectivity index (χ2v) is 7.18. The predicted octanol–water partition coefficient (Wildman–Crippen LogP) is 3.35. The molecule has 1 unspecified atom stereocenters. The van der Waals surface area contributed by atoms with Gasteiger partial charge in [0.2, 0.25) is 5.91 Å². The number of piperidine rings is 1. The van der Waals surface area contributed by atoms with Gasteiger partial charge < -0.3 is 0 Å². The first-order valence-electron chi connectivity index (χ1n) is 8.98. The molecule has 1 aliphatic heterocycles. The normalized spacial score (nSPS) is 17.2. The van der Waals surface area contributed by atoms with E-state index in [1.54, 1.807) is 11.1 Å². The fourth-order valence-corrected chi connectivity index (χ4v) is 3.49. The molecule has 4 rings (SSSR count). The lowest BCUT2D eigenvalue weighted by atomic mass is 9.91. The number of hydrogen-bond donors (Lipinski definition) is 1. The van der Waals surface area contributed by atoms with Crippen LogP contribution in [0.5, 0.6) is 0 Å². The number of rotatable bonds is 4. The first kappa shape index (κ1) is 18.5. The molecule has 1 saturated heterocycles. The van der Waals surface area contributed by atoms with Crippen molar-refractivity contribution in [2.45, 2.75) is 26.2 Å². The van der Waals surface area contributed by atoms with Crippen LogP contribution in [0.2, 0.25) is 5.15 Å². The van der Waals surface area contributed by atoms with Crippen molar-refractivity contribution in [2.75, 3.05) is 11.4 Å². The number of carbonyl (C=O) groups excluding carboxylic acids is 1. The van der Waals surface area contributed by atoms with Crippen LogP contribution in [-0.2, 0) is 11.2 Å². The summed E-state index contributed by atoms with van der Waals surface area (Å²) in [5.41, 5.74) is 2.37. The summed E-state index contributed by atoms with van der Waals surface area (Å²) < 4.78 is 13.6. The molecule has 1 fully saturated rings. The molecule has 1 N–H and O–H groups in total. The second kappa shape index (κ2) is 7.63.